The zero-order chi connectivity index (χ0) is 9.14. The lowest BCUT2D eigenvalue weighted by atomic mass is 10.2. The standard InChI is InChI=1S/C9H7ClO2/c1-3-6-5-8(9(10)11)12-7(6)4-2/h3-5H,1-2H2. The summed E-state index contributed by atoms with van der Waals surface area (Å²) in [5.41, 5.74) is 0.717. The van der Waals surface area contributed by atoms with Gasteiger partial charge in [-0.05, 0) is 23.7 Å². The molecule has 0 unspecified atom stereocenters. The molecule has 12 heavy (non-hydrogen) atoms. The van der Waals surface area contributed by atoms with E-state index in [2.05, 4.69) is 13.2 Å². The molecule has 0 amide bonds. The summed E-state index contributed by atoms with van der Waals surface area (Å²) in [4.78, 5) is 10.6. The predicted octanol–water partition coefficient (Wildman–Crippen LogP) is 2.94. The average molecular weight is 183 g/mol. The Morgan fingerprint density at radius 2 is 2.17 bits per heavy atom. The minimum absolute atomic E-state index is 0.112. The lowest BCUT2D eigenvalue weighted by Crippen LogP contribution is -1.81. The highest BCUT2D eigenvalue weighted by Gasteiger charge is 2.10. The highest BCUT2D eigenvalue weighted by atomic mass is 35.5. The van der Waals surface area contributed by atoms with Crippen molar-refractivity contribution in [1.82, 2.24) is 0 Å². The van der Waals surface area contributed by atoms with Crippen molar-refractivity contribution < 1.29 is 9.21 Å². The van der Waals surface area contributed by atoms with Gasteiger partial charge in [0.2, 0.25) is 0 Å². The van der Waals surface area contributed by atoms with Crippen LogP contribution in [-0.4, -0.2) is 5.24 Å². The van der Waals surface area contributed by atoms with E-state index >= 15 is 0 Å². The van der Waals surface area contributed by atoms with E-state index in [1.807, 2.05) is 0 Å². The van der Waals surface area contributed by atoms with Crippen LogP contribution in [0.4, 0.5) is 0 Å². The van der Waals surface area contributed by atoms with E-state index in [-0.39, 0.29) is 5.76 Å². The molecule has 0 saturated heterocycles. The van der Waals surface area contributed by atoms with Crippen LogP contribution < -0.4 is 0 Å². The third-order valence-corrected chi connectivity index (χ3v) is 1.58. The Labute approximate surface area is 75.1 Å². The normalized spacial score (nSPS) is 9.42. The quantitative estimate of drug-likeness (QED) is 0.673. The lowest BCUT2D eigenvalue weighted by Gasteiger charge is -1.85. The van der Waals surface area contributed by atoms with Crippen LogP contribution in [0.25, 0.3) is 12.2 Å². The second-order valence-electron chi connectivity index (χ2n) is 2.11. The molecular weight excluding hydrogens is 176 g/mol. The molecule has 0 radical (unpaired) electrons. The molecule has 1 heterocycles. The van der Waals surface area contributed by atoms with E-state index in [0.29, 0.717) is 11.3 Å². The average Bonchev–Trinajstić information content (AvgIpc) is 2.46. The Morgan fingerprint density at radius 1 is 1.50 bits per heavy atom. The van der Waals surface area contributed by atoms with Gasteiger partial charge in [0.15, 0.2) is 5.76 Å². The Balaban J connectivity index is 3.22. The number of rotatable bonds is 3. The first-order valence-electron chi connectivity index (χ1n) is 3.27. The summed E-state index contributed by atoms with van der Waals surface area (Å²) < 4.78 is 5.05. The number of halogens is 1. The summed E-state index contributed by atoms with van der Waals surface area (Å²) in [7, 11) is 0. The molecule has 1 aromatic heterocycles. The molecule has 0 aromatic carbocycles. The van der Waals surface area contributed by atoms with Crippen molar-refractivity contribution >= 4 is 29.0 Å². The summed E-state index contributed by atoms with van der Waals surface area (Å²) >= 11 is 5.20. The van der Waals surface area contributed by atoms with Gasteiger partial charge < -0.3 is 4.42 Å². The van der Waals surface area contributed by atoms with E-state index in [9.17, 15) is 4.79 Å². The van der Waals surface area contributed by atoms with Crippen molar-refractivity contribution in [3.05, 3.63) is 36.3 Å². The third kappa shape index (κ3) is 1.48. The summed E-state index contributed by atoms with van der Waals surface area (Å²) in [6, 6.07) is 1.53. The van der Waals surface area contributed by atoms with Gasteiger partial charge in [0.1, 0.15) is 5.76 Å². The van der Waals surface area contributed by atoms with Crippen molar-refractivity contribution in [1.29, 1.82) is 0 Å². The van der Waals surface area contributed by atoms with Gasteiger partial charge in [0.25, 0.3) is 5.24 Å². The maximum atomic E-state index is 10.6. The van der Waals surface area contributed by atoms with Gasteiger partial charge in [-0.2, -0.15) is 0 Å². The minimum atomic E-state index is -0.619. The van der Waals surface area contributed by atoms with Gasteiger partial charge >= 0.3 is 0 Å². The Kier molecular flexibility index (Phi) is 2.51. The zero-order valence-electron chi connectivity index (χ0n) is 6.34. The van der Waals surface area contributed by atoms with E-state index in [1.54, 1.807) is 6.08 Å². The van der Waals surface area contributed by atoms with E-state index in [0.717, 1.165) is 0 Å². The monoisotopic (exact) mass is 182 g/mol. The van der Waals surface area contributed by atoms with Gasteiger partial charge in [-0.25, -0.2) is 0 Å². The molecule has 0 saturated carbocycles. The van der Waals surface area contributed by atoms with Crippen LogP contribution in [0.5, 0.6) is 0 Å². The minimum Gasteiger partial charge on any atom is -0.452 e. The molecule has 62 valence electrons. The largest absolute Gasteiger partial charge is 0.452 e. The summed E-state index contributed by atoms with van der Waals surface area (Å²) in [6.07, 6.45) is 3.07. The van der Waals surface area contributed by atoms with Gasteiger partial charge in [0, 0.05) is 5.56 Å². The molecule has 1 rings (SSSR count). The Bertz CT molecular complexity index is 311. The fourth-order valence-electron chi connectivity index (χ4n) is 0.835. The second kappa shape index (κ2) is 3.41. The van der Waals surface area contributed by atoms with E-state index in [4.69, 9.17) is 16.0 Å². The molecule has 2 nitrogen and oxygen atoms in total. The van der Waals surface area contributed by atoms with Gasteiger partial charge in [0.05, 0.1) is 0 Å². The highest BCUT2D eigenvalue weighted by Crippen LogP contribution is 2.18. The Hall–Kier alpha value is -1.28. The second-order valence-corrected chi connectivity index (χ2v) is 2.46. The smallest absolute Gasteiger partial charge is 0.287 e. The maximum absolute atomic E-state index is 10.6. The molecule has 0 atom stereocenters. The maximum Gasteiger partial charge on any atom is 0.287 e. The first-order valence-corrected chi connectivity index (χ1v) is 3.65. The van der Waals surface area contributed by atoms with Crippen LogP contribution in [0.3, 0.4) is 0 Å². The number of hydrogen-bond donors (Lipinski definition) is 0. The molecule has 1 aromatic rings. The lowest BCUT2D eigenvalue weighted by molar-refractivity contribution is 0.105. The molecular formula is C9H7ClO2. The van der Waals surface area contributed by atoms with Gasteiger partial charge in [-0.1, -0.05) is 19.2 Å². The highest BCUT2D eigenvalue weighted by molar-refractivity contribution is 6.67. The summed E-state index contributed by atoms with van der Waals surface area (Å²) in [6.45, 7) is 7.07. The fourth-order valence-corrected chi connectivity index (χ4v) is 0.928. The van der Waals surface area contributed by atoms with Crippen LogP contribution in [0, 0.1) is 0 Å². The van der Waals surface area contributed by atoms with Crippen molar-refractivity contribution in [3.63, 3.8) is 0 Å². The molecule has 0 aliphatic carbocycles. The van der Waals surface area contributed by atoms with Crippen LogP contribution in [0.15, 0.2) is 23.6 Å². The van der Waals surface area contributed by atoms with Gasteiger partial charge in [-0.15, -0.1) is 0 Å². The van der Waals surface area contributed by atoms with Crippen LogP contribution >= 0.6 is 11.6 Å². The molecule has 3 heteroatoms. The van der Waals surface area contributed by atoms with Crippen molar-refractivity contribution in [2.75, 3.05) is 0 Å². The topological polar surface area (TPSA) is 30.2 Å². The molecule has 0 N–H and O–H groups in total. The van der Waals surface area contributed by atoms with Gasteiger partial charge in [-0.3, -0.25) is 4.79 Å². The van der Waals surface area contributed by atoms with Crippen LogP contribution in [-0.2, 0) is 0 Å². The van der Waals surface area contributed by atoms with Crippen LogP contribution in [0.2, 0.25) is 0 Å². The third-order valence-electron chi connectivity index (χ3n) is 1.39. The Morgan fingerprint density at radius 3 is 2.50 bits per heavy atom. The molecule has 0 aliphatic heterocycles. The first kappa shape index (κ1) is 8.81. The van der Waals surface area contributed by atoms with Crippen molar-refractivity contribution in [3.8, 4) is 0 Å². The van der Waals surface area contributed by atoms with Crippen LogP contribution in [0.1, 0.15) is 21.9 Å². The van der Waals surface area contributed by atoms with E-state index in [1.165, 1.54) is 12.1 Å². The number of carbonyl (C=O) groups excluding carboxylic acids is 1. The zero-order valence-corrected chi connectivity index (χ0v) is 7.10. The molecule has 0 spiro atoms. The van der Waals surface area contributed by atoms with Crippen molar-refractivity contribution in [2.45, 2.75) is 0 Å². The molecule has 0 bridgehead atoms. The van der Waals surface area contributed by atoms with Crippen molar-refractivity contribution in [2.24, 2.45) is 0 Å². The van der Waals surface area contributed by atoms with E-state index < -0.39 is 5.24 Å². The molecule has 0 fully saturated rings. The SMILES string of the molecule is C=Cc1cc(C(=O)Cl)oc1C=C. The fraction of sp³-hybridized carbons (Fsp3) is 0. The number of furan rings is 1. The predicted molar refractivity (Wildman–Crippen MR) is 49.1 cm³/mol. The summed E-state index contributed by atoms with van der Waals surface area (Å²) in [5.74, 6) is 0.621. The summed E-state index contributed by atoms with van der Waals surface area (Å²) in [5, 5.41) is -0.619. The number of carbonyl (C=O) groups is 1. The molecule has 0 aliphatic rings. The number of hydrogen-bond acceptors (Lipinski definition) is 2. The first-order chi connectivity index (χ1) is 5.69.